The van der Waals surface area contributed by atoms with Gasteiger partial charge < -0.3 is 10.4 Å². The molecule has 1 aromatic carbocycles. The number of carbonyl (C=O) groups is 1. The monoisotopic (exact) mass is 268 g/mol. The van der Waals surface area contributed by atoms with Crippen LogP contribution in [0.4, 0.5) is 10.8 Å². The highest BCUT2D eigenvalue weighted by molar-refractivity contribution is 7.15. The van der Waals surface area contributed by atoms with Gasteiger partial charge >= 0.3 is 5.97 Å². The summed E-state index contributed by atoms with van der Waals surface area (Å²) in [6.45, 7) is 1.73. The van der Waals surface area contributed by atoms with Crippen LogP contribution in [0.25, 0.3) is 0 Å². The van der Waals surface area contributed by atoms with Gasteiger partial charge in [-0.15, -0.1) is 11.3 Å². The Morgan fingerprint density at radius 3 is 2.59 bits per heavy atom. The van der Waals surface area contributed by atoms with Gasteiger partial charge in [0, 0.05) is 15.6 Å². The molecule has 0 aliphatic heterocycles. The zero-order valence-corrected chi connectivity index (χ0v) is 10.5. The van der Waals surface area contributed by atoms with Gasteiger partial charge in [-0.1, -0.05) is 11.6 Å². The average molecular weight is 269 g/mol. The molecule has 0 bridgehead atoms. The van der Waals surface area contributed by atoms with E-state index in [1.807, 2.05) is 0 Å². The van der Waals surface area contributed by atoms with Crippen molar-refractivity contribution >= 4 is 39.7 Å². The number of aromatic nitrogens is 1. The van der Waals surface area contributed by atoms with E-state index in [4.69, 9.17) is 16.7 Å². The third-order valence-corrected chi connectivity index (χ3v) is 3.23. The van der Waals surface area contributed by atoms with Crippen LogP contribution in [0.5, 0.6) is 0 Å². The fourth-order valence-corrected chi connectivity index (χ4v) is 2.26. The first-order valence-corrected chi connectivity index (χ1v) is 5.99. The summed E-state index contributed by atoms with van der Waals surface area (Å²) in [6.07, 6.45) is 0. The number of halogens is 1. The van der Waals surface area contributed by atoms with Gasteiger partial charge in [0.1, 0.15) is 0 Å². The van der Waals surface area contributed by atoms with Gasteiger partial charge in [-0.25, -0.2) is 9.78 Å². The normalized spacial score (nSPS) is 10.2. The van der Waals surface area contributed by atoms with E-state index in [1.165, 1.54) is 11.3 Å². The second-order valence-corrected chi connectivity index (χ2v) is 5.00. The lowest BCUT2D eigenvalue weighted by atomic mass is 10.3. The summed E-state index contributed by atoms with van der Waals surface area (Å²) in [5.74, 6) is -1.01. The van der Waals surface area contributed by atoms with Crippen LogP contribution < -0.4 is 5.32 Å². The third-order valence-electron chi connectivity index (χ3n) is 2.09. The summed E-state index contributed by atoms with van der Waals surface area (Å²) in [7, 11) is 0. The lowest BCUT2D eigenvalue weighted by Gasteiger charge is -2.01. The van der Waals surface area contributed by atoms with E-state index >= 15 is 0 Å². The number of carboxylic acid groups (broad SMARTS) is 1. The lowest BCUT2D eigenvalue weighted by molar-refractivity contribution is 0.0690. The largest absolute Gasteiger partial charge is 0.476 e. The molecule has 0 atom stereocenters. The van der Waals surface area contributed by atoms with Crippen molar-refractivity contribution in [2.45, 2.75) is 6.92 Å². The number of thiazole rings is 1. The molecule has 0 unspecified atom stereocenters. The van der Waals surface area contributed by atoms with Crippen LogP contribution in [-0.4, -0.2) is 16.1 Å². The van der Waals surface area contributed by atoms with Crippen LogP contribution in [0.15, 0.2) is 24.3 Å². The molecule has 6 heteroatoms. The molecule has 2 aromatic rings. The molecule has 1 aromatic heterocycles. The Morgan fingerprint density at radius 2 is 2.06 bits per heavy atom. The second-order valence-electron chi connectivity index (χ2n) is 3.36. The highest BCUT2D eigenvalue weighted by Gasteiger charge is 2.13. The highest BCUT2D eigenvalue weighted by Crippen LogP contribution is 2.25. The van der Waals surface area contributed by atoms with Crippen LogP contribution in [0.2, 0.25) is 5.02 Å². The van der Waals surface area contributed by atoms with Gasteiger partial charge in [0.25, 0.3) is 0 Å². The van der Waals surface area contributed by atoms with Crippen LogP contribution in [0, 0.1) is 6.92 Å². The predicted molar refractivity (Wildman–Crippen MR) is 68.5 cm³/mol. The molecule has 2 N–H and O–H groups in total. The summed E-state index contributed by atoms with van der Waals surface area (Å²) in [5, 5.41) is 13.1. The summed E-state index contributed by atoms with van der Waals surface area (Å²) in [6, 6.07) is 7.12. The number of hydrogen-bond donors (Lipinski definition) is 2. The molecule has 0 saturated carbocycles. The fourth-order valence-electron chi connectivity index (χ4n) is 1.31. The molecular weight excluding hydrogens is 260 g/mol. The van der Waals surface area contributed by atoms with Crippen molar-refractivity contribution in [3.8, 4) is 0 Å². The number of nitrogens with one attached hydrogen (secondary N) is 1. The standard InChI is InChI=1S/C11H9ClN2O2S/c1-6-9(10(15)16)14-11(17-6)13-8-4-2-7(12)3-5-8/h2-5H,1H3,(H,13,14)(H,15,16). The van der Waals surface area contributed by atoms with Crippen LogP contribution in [-0.2, 0) is 0 Å². The molecule has 0 spiro atoms. The molecule has 0 saturated heterocycles. The van der Waals surface area contributed by atoms with E-state index in [9.17, 15) is 4.79 Å². The van der Waals surface area contributed by atoms with Crippen molar-refractivity contribution in [3.63, 3.8) is 0 Å². The molecule has 88 valence electrons. The van der Waals surface area contributed by atoms with Gasteiger partial charge in [-0.3, -0.25) is 0 Å². The van der Waals surface area contributed by atoms with E-state index < -0.39 is 5.97 Å². The van der Waals surface area contributed by atoms with E-state index in [-0.39, 0.29) is 5.69 Å². The van der Waals surface area contributed by atoms with Gasteiger partial charge in [0.05, 0.1) is 0 Å². The Labute approximate surface area is 107 Å². The number of benzene rings is 1. The number of aryl methyl sites for hydroxylation is 1. The number of anilines is 2. The number of nitrogens with zero attached hydrogens (tertiary/aromatic N) is 1. The van der Waals surface area contributed by atoms with E-state index in [1.54, 1.807) is 31.2 Å². The van der Waals surface area contributed by atoms with Crippen molar-refractivity contribution in [1.29, 1.82) is 0 Å². The SMILES string of the molecule is Cc1sc(Nc2ccc(Cl)cc2)nc1C(=O)O. The molecule has 0 fully saturated rings. The molecule has 1 heterocycles. The zero-order chi connectivity index (χ0) is 12.4. The highest BCUT2D eigenvalue weighted by atomic mass is 35.5. The maximum atomic E-state index is 10.8. The van der Waals surface area contributed by atoms with Crippen LogP contribution in [0.3, 0.4) is 0 Å². The average Bonchev–Trinajstić information content (AvgIpc) is 2.63. The van der Waals surface area contributed by atoms with Gasteiger partial charge in [-0.2, -0.15) is 0 Å². The first-order valence-electron chi connectivity index (χ1n) is 4.79. The number of aromatic carboxylic acids is 1. The molecule has 2 rings (SSSR count). The van der Waals surface area contributed by atoms with Crippen LogP contribution >= 0.6 is 22.9 Å². The summed E-state index contributed by atoms with van der Waals surface area (Å²) < 4.78 is 0. The van der Waals surface area contributed by atoms with E-state index in [0.29, 0.717) is 15.0 Å². The van der Waals surface area contributed by atoms with E-state index in [0.717, 1.165) is 5.69 Å². The first kappa shape index (κ1) is 11.9. The zero-order valence-electron chi connectivity index (χ0n) is 8.90. The number of carboxylic acids is 1. The fraction of sp³-hybridized carbons (Fsp3) is 0.0909. The molecular formula is C11H9ClN2O2S. The van der Waals surface area contributed by atoms with Crippen molar-refractivity contribution in [2.75, 3.05) is 5.32 Å². The van der Waals surface area contributed by atoms with Crippen molar-refractivity contribution in [3.05, 3.63) is 39.9 Å². The smallest absolute Gasteiger partial charge is 0.355 e. The Bertz CT molecular complexity index is 551. The quantitative estimate of drug-likeness (QED) is 0.894. The predicted octanol–water partition coefficient (Wildman–Crippen LogP) is 3.55. The minimum atomic E-state index is -1.01. The van der Waals surface area contributed by atoms with Crippen molar-refractivity contribution in [1.82, 2.24) is 4.98 Å². The Hall–Kier alpha value is -1.59. The summed E-state index contributed by atoms with van der Waals surface area (Å²) in [5.41, 5.74) is 0.909. The van der Waals surface area contributed by atoms with Gasteiger partial charge in [-0.05, 0) is 31.2 Å². The second kappa shape index (κ2) is 4.73. The lowest BCUT2D eigenvalue weighted by Crippen LogP contribution is -1.99. The first-order chi connectivity index (χ1) is 8.06. The molecule has 0 aliphatic carbocycles. The molecule has 0 radical (unpaired) electrons. The number of hydrogen-bond acceptors (Lipinski definition) is 4. The Morgan fingerprint density at radius 1 is 1.41 bits per heavy atom. The van der Waals surface area contributed by atoms with Gasteiger partial charge in [0.2, 0.25) is 0 Å². The van der Waals surface area contributed by atoms with Crippen molar-refractivity contribution in [2.24, 2.45) is 0 Å². The van der Waals surface area contributed by atoms with Crippen molar-refractivity contribution < 1.29 is 9.90 Å². The Kier molecular flexibility index (Phi) is 3.31. The van der Waals surface area contributed by atoms with E-state index in [2.05, 4.69) is 10.3 Å². The Balaban J connectivity index is 2.22. The van der Waals surface area contributed by atoms with Gasteiger partial charge in [0.15, 0.2) is 10.8 Å². The molecule has 17 heavy (non-hydrogen) atoms. The summed E-state index contributed by atoms with van der Waals surface area (Å²) >= 11 is 7.07. The minimum absolute atomic E-state index is 0.0893. The maximum absolute atomic E-state index is 10.8. The summed E-state index contributed by atoms with van der Waals surface area (Å²) in [4.78, 5) is 15.5. The maximum Gasteiger partial charge on any atom is 0.355 e. The third kappa shape index (κ3) is 2.75. The molecule has 0 aliphatic rings. The topological polar surface area (TPSA) is 62.2 Å². The minimum Gasteiger partial charge on any atom is -0.476 e. The molecule has 4 nitrogen and oxygen atoms in total. The molecule has 0 amide bonds. The number of rotatable bonds is 3. The van der Waals surface area contributed by atoms with Crippen LogP contribution in [0.1, 0.15) is 15.4 Å².